The van der Waals surface area contributed by atoms with E-state index in [1.165, 1.54) is 12.3 Å². The first kappa shape index (κ1) is 10.5. The first-order valence-electron chi connectivity index (χ1n) is 4.17. The summed E-state index contributed by atoms with van der Waals surface area (Å²) in [5.74, 6) is -0.891. The predicted octanol–water partition coefficient (Wildman–Crippen LogP) is 0.541. The van der Waals surface area contributed by atoms with Gasteiger partial charge in [-0.1, -0.05) is 0 Å². The van der Waals surface area contributed by atoms with Gasteiger partial charge >= 0.3 is 5.97 Å². The molecule has 0 aliphatic rings. The van der Waals surface area contributed by atoms with Crippen molar-refractivity contribution in [3.05, 3.63) is 24.0 Å². The summed E-state index contributed by atoms with van der Waals surface area (Å²) >= 11 is 0. The molecule has 1 heterocycles. The summed E-state index contributed by atoms with van der Waals surface area (Å²) in [5.41, 5.74) is -0.106. The van der Waals surface area contributed by atoms with Crippen molar-refractivity contribution in [2.24, 2.45) is 0 Å². The Morgan fingerprint density at radius 2 is 2.36 bits per heavy atom. The zero-order valence-corrected chi connectivity index (χ0v) is 7.51. The molecule has 0 spiro atoms. The Morgan fingerprint density at radius 3 is 3.00 bits per heavy atom. The number of carboxylic acids is 1. The average Bonchev–Trinajstić information content (AvgIpc) is 2.19. The molecule has 0 saturated heterocycles. The second kappa shape index (κ2) is 5.18. The van der Waals surface area contributed by atoms with Gasteiger partial charge in [0, 0.05) is 19.2 Å². The Kier molecular flexibility index (Phi) is 3.87. The van der Waals surface area contributed by atoms with Crippen molar-refractivity contribution in [3.8, 4) is 5.75 Å². The van der Waals surface area contributed by atoms with Crippen molar-refractivity contribution in [1.82, 2.24) is 4.98 Å². The standard InChI is InChI=1S/C9H11NO4/c11-5-2-6-14-7-3-1-4-10-8(7)9(12)13/h1,3-4,11H,2,5-6H2,(H,12,13). The molecule has 0 atom stereocenters. The lowest BCUT2D eigenvalue weighted by Crippen LogP contribution is -2.07. The molecule has 1 rings (SSSR count). The first-order chi connectivity index (χ1) is 6.75. The number of aromatic carboxylic acids is 1. The molecular weight excluding hydrogens is 186 g/mol. The molecule has 2 N–H and O–H groups in total. The number of hydrogen-bond donors (Lipinski definition) is 2. The molecule has 0 aliphatic heterocycles. The van der Waals surface area contributed by atoms with Crippen LogP contribution in [0.15, 0.2) is 18.3 Å². The van der Waals surface area contributed by atoms with Gasteiger partial charge in [0.1, 0.15) is 0 Å². The highest BCUT2D eigenvalue weighted by Crippen LogP contribution is 2.14. The van der Waals surface area contributed by atoms with Gasteiger partial charge in [0.15, 0.2) is 11.4 Å². The minimum atomic E-state index is -1.12. The van der Waals surface area contributed by atoms with Crippen LogP contribution in [0.5, 0.6) is 5.75 Å². The molecule has 0 aliphatic carbocycles. The third kappa shape index (κ3) is 2.70. The molecule has 0 saturated carbocycles. The fourth-order valence-corrected chi connectivity index (χ4v) is 0.914. The molecule has 0 bridgehead atoms. The molecule has 0 radical (unpaired) electrons. The zero-order valence-electron chi connectivity index (χ0n) is 7.51. The van der Waals surface area contributed by atoms with Gasteiger partial charge in [-0.3, -0.25) is 0 Å². The number of aromatic nitrogens is 1. The van der Waals surface area contributed by atoms with Gasteiger partial charge in [-0.2, -0.15) is 0 Å². The molecule has 14 heavy (non-hydrogen) atoms. The van der Waals surface area contributed by atoms with E-state index in [0.29, 0.717) is 6.42 Å². The van der Waals surface area contributed by atoms with Crippen LogP contribution in [0.3, 0.4) is 0 Å². The number of nitrogens with zero attached hydrogens (tertiary/aromatic N) is 1. The van der Waals surface area contributed by atoms with Gasteiger partial charge < -0.3 is 14.9 Å². The lowest BCUT2D eigenvalue weighted by molar-refractivity contribution is 0.0685. The number of aliphatic hydroxyl groups excluding tert-OH is 1. The Morgan fingerprint density at radius 1 is 1.57 bits per heavy atom. The van der Waals surface area contributed by atoms with Crippen LogP contribution in [0, 0.1) is 0 Å². The smallest absolute Gasteiger partial charge is 0.358 e. The van der Waals surface area contributed by atoms with E-state index in [9.17, 15) is 4.79 Å². The summed E-state index contributed by atoms with van der Waals surface area (Å²) in [5, 5.41) is 17.2. The van der Waals surface area contributed by atoms with E-state index in [1.807, 2.05) is 0 Å². The molecule has 1 aromatic heterocycles. The van der Waals surface area contributed by atoms with Gasteiger partial charge in [-0.25, -0.2) is 9.78 Å². The van der Waals surface area contributed by atoms with E-state index in [2.05, 4.69) is 4.98 Å². The fraction of sp³-hybridized carbons (Fsp3) is 0.333. The van der Waals surface area contributed by atoms with E-state index in [0.717, 1.165) is 0 Å². The van der Waals surface area contributed by atoms with E-state index in [1.54, 1.807) is 6.07 Å². The van der Waals surface area contributed by atoms with Crippen LogP contribution < -0.4 is 4.74 Å². The number of pyridine rings is 1. The molecule has 1 aromatic rings. The third-order valence-electron chi connectivity index (χ3n) is 1.53. The number of hydrogen-bond acceptors (Lipinski definition) is 4. The SMILES string of the molecule is O=C(O)c1ncccc1OCCCO. The molecule has 0 aromatic carbocycles. The van der Waals surface area contributed by atoms with E-state index >= 15 is 0 Å². The Labute approximate surface area is 81.0 Å². The highest BCUT2D eigenvalue weighted by molar-refractivity contribution is 5.88. The van der Waals surface area contributed by atoms with Gasteiger partial charge in [0.2, 0.25) is 0 Å². The number of carbonyl (C=O) groups is 1. The lowest BCUT2D eigenvalue weighted by atomic mass is 10.3. The van der Waals surface area contributed by atoms with Crippen molar-refractivity contribution in [3.63, 3.8) is 0 Å². The van der Waals surface area contributed by atoms with E-state index in [4.69, 9.17) is 14.9 Å². The topological polar surface area (TPSA) is 79.7 Å². The second-order valence-electron chi connectivity index (χ2n) is 2.58. The molecular formula is C9H11NO4. The number of aliphatic hydroxyl groups is 1. The molecule has 76 valence electrons. The quantitative estimate of drug-likeness (QED) is 0.673. The van der Waals surface area contributed by atoms with Gasteiger partial charge in [-0.15, -0.1) is 0 Å². The van der Waals surface area contributed by atoms with Gasteiger partial charge in [-0.05, 0) is 12.1 Å². The summed E-state index contributed by atoms with van der Waals surface area (Å²) in [6.07, 6.45) is 1.86. The number of ether oxygens (including phenoxy) is 1. The molecule has 0 amide bonds. The maximum Gasteiger partial charge on any atom is 0.358 e. The first-order valence-corrected chi connectivity index (χ1v) is 4.17. The van der Waals surface area contributed by atoms with Crippen LogP contribution in [0.2, 0.25) is 0 Å². The predicted molar refractivity (Wildman–Crippen MR) is 48.4 cm³/mol. The van der Waals surface area contributed by atoms with Crippen LogP contribution >= 0.6 is 0 Å². The van der Waals surface area contributed by atoms with Crippen LogP contribution in [0.4, 0.5) is 0 Å². The highest BCUT2D eigenvalue weighted by Gasteiger charge is 2.11. The third-order valence-corrected chi connectivity index (χ3v) is 1.53. The summed E-state index contributed by atoms with van der Waals surface area (Å²) in [7, 11) is 0. The van der Waals surface area contributed by atoms with Crippen LogP contribution in [0.1, 0.15) is 16.9 Å². The summed E-state index contributed by atoms with van der Waals surface area (Å²) in [4.78, 5) is 14.3. The fourth-order valence-electron chi connectivity index (χ4n) is 0.914. The summed E-state index contributed by atoms with van der Waals surface area (Å²) < 4.78 is 5.14. The lowest BCUT2D eigenvalue weighted by Gasteiger charge is -2.06. The molecule has 5 nitrogen and oxygen atoms in total. The van der Waals surface area contributed by atoms with Crippen molar-refractivity contribution >= 4 is 5.97 Å². The minimum absolute atomic E-state index is 0.0165. The highest BCUT2D eigenvalue weighted by atomic mass is 16.5. The monoisotopic (exact) mass is 197 g/mol. The normalized spacial score (nSPS) is 9.79. The Hall–Kier alpha value is -1.62. The van der Waals surface area contributed by atoms with Gasteiger partial charge in [0.05, 0.1) is 6.61 Å². The Bertz CT molecular complexity index is 313. The molecule has 0 fully saturated rings. The molecule has 0 unspecified atom stereocenters. The molecule has 5 heteroatoms. The summed E-state index contributed by atoms with van der Waals surface area (Å²) in [6.45, 7) is 0.297. The van der Waals surface area contributed by atoms with E-state index < -0.39 is 5.97 Å². The number of carboxylic acid groups (broad SMARTS) is 1. The van der Waals surface area contributed by atoms with Crippen molar-refractivity contribution < 1.29 is 19.7 Å². The van der Waals surface area contributed by atoms with Crippen LogP contribution in [0.25, 0.3) is 0 Å². The van der Waals surface area contributed by atoms with Gasteiger partial charge in [0.25, 0.3) is 0 Å². The van der Waals surface area contributed by atoms with Crippen molar-refractivity contribution in [2.45, 2.75) is 6.42 Å². The number of rotatable bonds is 5. The largest absolute Gasteiger partial charge is 0.491 e. The van der Waals surface area contributed by atoms with Crippen molar-refractivity contribution in [1.29, 1.82) is 0 Å². The second-order valence-corrected chi connectivity index (χ2v) is 2.58. The Balaban J connectivity index is 2.69. The maximum atomic E-state index is 10.7. The van der Waals surface area contributed by atoms with Crippen molar-refractivity contribution in [2.75, 3.05) is 13.2 Å². The van der Waals surface area contributed by atoms with E-state index in [-0.39, 0.29) is 24.7 Å². The average molecular weight is 197 g/mol. The van der Waals surface area contributed by atoms with Crippen LogP contribution in [-0.4, -0.2) is 34.4 Å². The minimum Gasteiger partial charge on any atom is -0.491 e. The zero-order chi connectivity index (χ0) is 10.4. The summed E-state index contributed by atoms with van der Waals surface area (Å²) in [6, 6.07) is 3.13. The van der Waals surface area contributed by atoms with Crippen LogP contribution in [-0.2, 0) is 0 Å². The maximum absolute atomic E-state index is 10.7.